The molecule has 6 aromatic rings. The minimum atomic E-state index is -0.135. The maximum absolute atomic E-state index is 6.64. The van der Waals surface area contributed by atoms with E-state index in [2.05, 4.69) is 162 Å². The highest BCUT2D eigenvalue weighted by Gasteiger charge is 2.37. The van der Waals surface area contributed by atoms with E-state index in [9.17, 15) is 0 Å². The molecular formula is C50H39N3O3. The zero-order valence-electron chi connectivity index (χ0n) is 31.0. The molecule has 0 fully saturated rings. The molecule has 3 heterocycles. The van der Waals surface area contributed by atoms with Crippen molar-refractivity contribution >= 4 is 33.8 Å². The molecule has 0 radical (unpaired) electrons. The highest BCUT2D eigenvalue weighted by Crippen LogP contribution is 2.51. The zero-order chi connectivity index (χ0) is 37.2. The fraction of sp³-hybridized carbons (Fsp3) is 0.140. The van der Waals surface area contributed by atoms with Gasteiger partial charge in [0.05, 0.1) is 29.0 Å². The smallest absolute Gasteiger partial charge is 0.202 e. The van der Waals surface area contributed by atoms with Gasteiger partial charge < -0.3 is 23.7 Å². The third-order valence-electron chi connectivity index (χ3n) is 11.4. The first-order chi connectivity index (χ1) is 27.6. The van der Waals surface area contributed by atoms with Gasteiger partial charge >= 0.3 is 0 Å². The summed E-state index contributed by atoms with van der Waals surface area (Å²) in [7, 11) is 0. The van der Waals surface area contributed by atoms with Crippen molar-refractivity contribution in [3.63, 3.8) is 0 Å². The Morgan fingerprint density at radius 1 is 0.643 bits per heavy atom. The summed E-state index contributed by atoms with van der Waals surface area (Å²) in [6, 6.07) is 39.8. The van der Waals surface area contributed by atoms with Gasteiger partial charge in [0.1, 0.15) is 17.4 Å². The van der Waals surface area contributed by atoms with Crippen LogP contribution in [0, 0.1) is 5.92 Å². The molecule has 3 aliphatic carbocycles. The number of nitrogens with zero attached hydrogens (tertiary/aromatic N) is 3. The molecule has 5 aromatic carbocycles. The summed E-state index contributed by atoms with van der Waals surface area (Å²) < 4.78 is 19.7. The van der Waals surface area contributed by atoms with Crippen molar-refractivity contribution in [3.05, 3.63) is 193 Å². The van der Waals surface area contributed by atoms with Gasteiger partial charge in [-0.25, -0.2) is 4.98 Å². The molecule has 0 spiro atoms. The van der Waals surface area contributed by atoms with E-state index in [1.807, 2.05) is 24.3 Å². The number of aromatic nitrogens is 1. The third kappa shape index (κ3) is 5.60. The van der Waals surface area contributed by atoms with Gasteiger partial charge in [-0.15, -0.1) is 0 Å². The second-order valence-corrected chi connectivity index (χ2v) is 15.1. The second-order valence-electron chi connectivity index (χ2n) is 15.1. The lowest BCUT2D eigenvalue weighted by Gasteiger charge is -2.42. The third-order valence-corrected chi connectivity index (χ3v) is 11.4. The molecule has 0 bridgehead atoms. The topological polar surface area (TPSA) is 51.0 Å². The molecule has 6 heteroatoms. The van der Waals surface area contributed by atoms with Crippen LogP contribution in [0.3, 0.4) is 0 Å². The van der Waals surface area contributed by atoms with Crippen molar-refractivity contribution in [2.75, 3.05) is 9.80 Å². The number of anilines is 4. The van der Waals surface area contributed by atoms with Crippen LogP contribution in [0.5, 0.6) is 17.2 Å². The first-order valence-electron chi connectivity index (χ1n) is 19.5. The average molecular weight is 730 g/mol. The fourth-order valence-electron chi connectivity index (χ4n) is 8.53. The quantitative estimate of drug-likeness (QED) is 0.176. The van der Waals surface area contributed by atoms with Crippen LogP contribution in [-0.4, -0.2) is 17.1 Å². The highest BCUT2D eigenvalue weighted by atomic mass is 16.5. The van der Waals surface area contributed by atoms with E-state index in [1.165, 1.54) is 11.1 Å². The molecular weight excluding hydrogens is 691 g/mol. The lowest BCUT2D eigenvalue weighted by Crippen LogP contribution is -2.46. The van der Waals surface area contributed by atoms with Gasteiger partial charge in [-0.1, -0.05) is 110 Å². The minimum Gasteiger partial charge on any atom is -0.482 e. The molecule has 272 valence electrons. The van der Waals surface area contributed by atoms with Gasteiger partial charge in [0.15, 0.2) is 17.1 Å². The molecule has 4 atom stereocenters. The minimum absolute atomic E-state index is 0.00852. The first-order valence-corrected chi connectivity index (χ1v) is 19.5. The lowest BCUT2D eigenvalue weighted by atomic mass is 9.88. The number of benzene rings is 5. The van der Waals surface area contributed by atoms with E-state index in [-0.39, 0.29) is 18.1 Å². The molecule has 6 nitrogen and oxygen atoms in total. The maximum Gasteiger partial charge on any atom is 0.202 e. The molecule has 0 amide bonds. The molecule has 4 unspecified atom stereocenters. The normalized spacial score (nSPS) is 21.8. The fourth-order valence-corrected chi connectivity index (χ4v) is 8.53. The molecule has 11 rings (SSSR count). The summed E-state index contributed by atoms with van der Waals surface area (Å²) >= 11 is 0. The van der Waals surface area contributed by atoms with Crippen molar-refractivity contribution in [2.45, 2.75) is 37.8 Å². The molecule has 2 aliphatic heterocycles. The molecule has 5 aliphatic rings. The molecule has 0 saturated heterocycles. The first kappa shape index (κ1) is 32.6. The number of hydrogen-bond donors (Lipinski definition) is 0. The van der Waals surface area contributed by atoms with E-state index >= 15 is 0 Å². The van der Waals surface area contributed by atoms with Gasteiger partial charge in [-0.2, -0.15) is 0 Å². The van der Waals surface area contributed by atoms with E-state index in [0.717, 1.165) is 80.8 Å². The SMILES string of the molecule is CC1C=CC(C2=CC3Oc4ccccc4N(c4ccc5nc(C6C=CC(N7c8ccccc8Oc8cc(-c9ccccc9)ccc87)=CC6)oc5c4)C3C=C2)=CC1. The number of oxazole rings is 1. The Kier molecular flexibility index (Phi) is 7.69. The molecule has 1 aromatic heterocycles. The van der Waals surface area contributed by atoms with Crippen LogP contribution >= 0.6 is 0 Å². The van der Waals surface area contributed by atoms with Crippen LogP contribution in [0.4, 0.5) is 22.7 Å². The summed E-state index contributed by atoms with van der Waals surface area (Å²) in [5.41, 5.74) is 11.6. The Labute approximate surface area is 326 Å². The number of rotatable bonds is 5. The Morgan fingerprint density at radius 3 is 2.29 bits per heavy atom. The van der Waals surface area contributed by atoms with E-state index < -0.39 is 0 Å². The lowest BCUT2D eigenvalue weighted by molar-refractivity contribution is 0.217. The number of para-hydroxylation sites is 4. The molecule has 0 N–H and O–H groups in total. The number of hydrogen-bond acceptors (Lipinski definition) is 6. The Morgan fingerprint density at radius 2 is 1.45 bits per heavy atom. The summed E-state index contributed by atoms with van der Waals surface area (Å²) in [6.45, 7) is 2.25. The van der Waals surface area contributed by atoms with Crippen LogP contribution < -0.4 is 19.3 Å². The largest absolute Gasteiger partial charge is 0.482 e. The van der Waals surface area contributed by atoms with Crippen LogP contribution in [0.25, 0.3) is 22.2 Å². The van der Waals surface area contributed by atoms with Crippen LogP contribution in [-0.2, 0) is 0 Å². The maximum atomic E-state index is 6.64. The standard InChI is InChI=1S/C50H39N3O3/c1-32-15-17-34(18-16-32)37-22-28-44-49(30-37)55-46-14-8-6-12-42(46)53(44)39-25-26-40-47(31-39)56-50(51-40)35-19-23-38(24-20-35)52-41-11-5-7-13-45(41)54-48-29-36(21-27-43(48)52)33-9-3-2-4-10-33/h2-15,17-19,21-32,35,44,49H,16,20H2,1H3. The molecule has 0 saturated carbocycles. The van der Waals surface area contributed by atoms with Gasteiger partial charge in [0.25, 0.3) is 0 Å². The number of ether oxygens (including phenoxy) is 2. The van der Waals surface area contributed by atoms with Crippen molar-refractivity contribution in [3.8, 4) is 28.4 Å². The Balaban J connectivity index is 0.877. The zero-order valence-corrected chi connectivity index (χ0v) is 31.0. The van der Waals surface area contributed by atoms with Gasteiger partial charge in [0, 0.05) is 17.5 Å². The summed E-state index contributed by atoms with van der Waals surface area (Å²) in [5.74, 6) is 3.83. The predicted octanol–water partition coefficient (Wildman–Crippen LogP) is 12.7. The van der Waals surface area contributed by atoms with E-state index in [1.54, 1.807) is 0 Å². The monoisotopic (exact) mass is 729 g/mol. The van der Waals surface area contributed by atoms with Crippen LogP contribution in [0.2, 0.25) is 0 Å². The Hall–Kier alpha value is -6.79. The van der Waals surface area contributed by atoms with Crippen molar-refractivity contribution in [1.82, 2.24) is 4.98 Å². The van der Waals surface area contributed by atoms with Crippen LogP contribution in [0.15, 0.2) is 191 Å². The second kappa shape index (κ2) is 13.2. The predicted molar refractivity (Wildman–Crippen MR) is 224 cm³/mol. The summed E-state index contributed by atoms with van der Waals surface area (Å²) in [4.78, 5) is 9.67. The average Bonchev–Trinajstić information content (AvgIpc) is 3.69. The highest BCUT2D eigenvalue weighted by molar-refractivity contribution is 5.85. The summed E-state index contributed by atoms with van der Waals surface area (Å²) in [5, 5.41) is 0. The van der Waals surface area contributed by atoms with Gasteiger partial charge in [-0.05, 0) is 102 Å². The number of fused-ring (bicyclic) bond motifs is 5. The van der Waals surface area contributed by atoms with E-state index in [4.69, 9.17) is 18.9 Å². The van der Waals surface area contributed by atoms with Gasteiger partial charge in [-0.3, -0.25) is 0 Å². The van der Waals surface area contributed by atoms with Gasteiger partial charge in [0.2, 0.25) is 5.89 Å². The van der Waals surface area contributed by atoms with Crippen molar-refractivity contribution < 1.29 is 13.9 Å². The molecule has 56 heavy (non-hydrogen) atoms. The number of allylic oxidation sites excluding steroid dienone is 9. The van der Waals surface area contributed by atoms with Crippen LogP contribution in [0.1, 0.15) is 31.6 Å². The summed E-state index contributed by atoms with van der Waals surface area (Å²) in [6.07, 6.45) is 22.0. The van der Waals surface area contributed by atoms with E-state index in [0.29, 0.717) is 11.8 Å². The Bertz CT molecular complexity index is 2710. The van der Waals surface area contributed by atoms with Crippen molar-refractivity contribution in [1.29, 1.82) is 0 Å². The van der Waals surface area contributed by atoms with Crippen molar-refractivity contribution in [2.24, 2.45) is 5.92 Å².